The Labute approximate surface area is 195 Å². The molecule has 174 valence electrons. The van der Waals surface area contributed by atoms with Crippen molar-refractivity contribution in [2.45, 2.75) is 26.6 Å². The van der Waals surface area contributed by atoms with Gasteiger partial charge in [0, 0.05) is 53.3 Å². The smallest absolute Gasteiger partial charge is 0.381 e. The van der Waals surface area contributed by atoms with E-state index in [0.29, 0.717) is 12.1 Å². The Kier molecular flexibility index (Phi) is 6.40. The predicted molar refractivity (Wildman–Crippen MR) is 127 cm³/mol. The SMILES string of the molecule is Cc1ccc(C(=O)Nc2ccc(C)c(C(F)(F)F)c2)cc1NCc1cncc(-c2ccc[nH]2)c1. The second-order valence-corrected chi connectivity index (χ2v) is 8.03. The molecule has 34 heavy (non-hydrogen) atoms. The summed E-state index contributed by atoms with van der Waals surface area (Å²) in [5.74, 6) is -0.490. The first-order chi connectivity index (χ1) is 16.2. The molecular formula is C26H23F3N4O. The molecule has 0 bridgehead atoms. The minimum absolute atomic E-state index is 0.0882. The molecule has 0 radical (unpaired) electrons. The van der Waals surface area contributed by atoms with Gasteiger partial charge in [0.2, 0.25) is 0 Å². The zero-order valence-corrected chi connectivity index (χ0v) is 18.6. The Morgan fingerprint density at radius 1 is 1.00 bits per heavy atom. The van der Waals surface area contributed by atoms with Crippen LogP contribution in [0.3, 0.4) is 0 Å². The Morgan fingerprint density at radius 3 is 2.53 bits per heavy atom. The molecule has 0 spiro atoms. The van der Waals surface area contributed by atoms with Gasteiger partial charge in [0.15, 0.2) is 0 Å². The van der Waals surface area contributed by atoms with E-state index in [9.17, 15) is 18.0 Å². The van der Waals surface area contributed by atoms with E-state index in [1.54, 1.807) is 30.6 Å². The molecule has 0 aliphatic heterocycles. The highest BCUT2D eigenvalue weighted by molar-refractivity contribution is 6.05. The normalized spacial score (nSPS) is 11.3. The number of hydrogen-bond acceptors (Lipinski definition) is 3. The number of rotatable bonds is 6. The topological polar surface area (TPSA) is 69.8 Å². The van der Waals surface area contributed by atoms with E-state index >= 15 is 0 Å². The Balaban J connectivity index is 1.48. The van der Waals surface area contributed by atoms with Crippen molar-refractivity contribution in [3.63, 3.8) is 0 Å². The summed E-state index contributed by atoms with van der Waals surface area (Å²) in [5.41, 5.74) is 4.32. The lowest BCUT2D eigenvalue weighted by molar-refractivity contribution is -0.138. The van der Waals surface area contributed by atoms with Gasteiger partial charge >= 0.3 is 6.18 Å². The van der Waals surface area contributed by atoms with Crippen LogP contribution in [0.5, 0.6) is 0 Å². The van der Waals surface area contributed by atoms with Crippen LogP contribution in [0.15, 0.2) is 73.2 Å². The molecule has 1 amide bonds. The number of benzene rings is 2. The Bertz CT molecular complexity index is 1310. The number of aromatic amines is 1. The monoisotopic (exact) mass is 464 g/mol. The van der Waals surface area contributed by atoms with Crippen molar-refractivity contribution in [1.29, 1.82) is 0 Å². The first-order valence-electron chi connectivity index (χ1n) is 10.6. The zero-order valence-electron chi connectivity index (χ0n) is 18.6. The number of hydrogen-bond donors (Lipinski definition) is 3. The number of carbonyl (C=O) groups is 1. The van der Waals surface area contributed by atoms with Crippen molar-refractivity contribution in [1.82, 2.24) is 9.97 Å². The van der Waals surface area contributed by atoms with Crippen LogP contribution in [0.1, 0.15) is 32.6 Å². The lowest BCUT2D eigenvalue weighted by Crippen LogP contribution is -2.14. The third-order valence-electron chi connectivity index (χ3n) is 5.49. The van der Waals surface area contributed by atoms with Gasteiger partial charge < -0.3 is 15.6 Å². The number of anilines is 2. The fourth-order valence-electron chi connectivity index (χ4n) is 3.60. The van der Waals surface area contributed by atoms with Crippen LogP contribution in [0.25, 0.3) is 11.3 Å². The molecule has 3 N–H and O–H groups in total. The maximum Gasteiger partial charge on any atom is 0.416 e. The van der Waals surface area contributed by atoms with Crippen molar-refractivity contribution in [2.24, 2.45) is 0 Å². The van der Waals surface area contributed by atoms with Crippen molar-refractivity contribution < 1.29 is 18.0 Å². The Morgan fingerprint density at radius 2 is 1.79 bits per heavy atom. The molecule has 0 aliphatic carbocycles. The number of H-pyrrole nitrogens is 1. The van der Waals surface area contributed by atoms with E-state index < -0.39 is 17.6 Å². The first-order valence-corrected chi connectivity index (χ1v) is 10.6. The van der Waals surface area contributed by atoms with E-state index in [1.165, 1.54) is 19.1 Å². The number of aromatic nitrogens is 2. The van der Waals surface area contributed by atoms with Crippen molar-refractivity contribution in [2.75, 3.05) is 10.6 Å². The van der Waals surface area contributed by atoms with Gasteiger partial charge in [-0.25, -0.2) is 0 Å². The van der Waals surface area contributed by atoms with Gasteiger partial charge in [0.05, 0.1) is 5.56 Å². The van der Waals surface area contributed by atoms with Crippen LogP contribution in [-0.2, 0) is 12.7 Å². The summed E-state index contributed by atoms with van der Waals surface area (Å²) in [7, 11) is 0. The highest BCUT2D eigenvalue weighted by Crippen LogP contribution is 2.33. The fourth-order valence-corrected chi connectivity index (χ4v) is 3.60. The van der Waals surface area contributed by atoms with E-state index in [0.717, 1.165) is 34.1 Å². The molecule has 0 atom stereocenters. The van der Waals surface area contributed by atoms with Gasteiger partial charge in [0.25, 0.3) is 5.91 Å². The minimum atomic E-state index is -4.49. The van der Waals surface area contributed by atoms with E-state index in [-0.39, 0.29) is 11.3 Å². The highest BCUT2D eigenvalue weighted by atomic mass is 19.4. The van der Waals surface area contributed by atoms with Crippen LogP contribution in [0.2, 0.25) is 0 Å². The van der Waals surface area contributed by atoms with Gasteiger partial charge in [0.1, 0.15) is 0 Å². The molecule has 4 rings (SSSR count). The molecule has 0 unspecified atom stereocenters. The molecular weight excluding hydrogens is 441 g/mol. The van der Waals surface area contributed by atoms with Crippen molar-refractivity contribution >= 4 is 17.3 Å². The number of alkyl halides is 3. The fraction of sp³-hybridized carbons (Fsp3) is 0.154. The quantitative estimate of drug-likeness (QED) is 0.302. The number of nitrogens with zero attached hydrogens (tertiary/aromatic N) is 1. The standard InChI is InChI=1S/C26H23F3N4O/c1-16-6-8-21(12-22(16)26(27,28)29)33-25(34)19-7-5-17(2)24(11-19)32-14-18-10-20(15-30-13-18)23-4-3-9-31-23/h3-13,15,31-32H,14H2,1-2H3,(H,33,34). The molecule has 8 heteroatoms. The maximum absolute atomic E-state index is 13.2. The summed E-state index contributed by atoms with van der Waals surface area (Å²) in [4.78, 5) is 20.2. The number of nitrogens with one attached hydrogen (secondary N) is 3. The van der Waals surface area contributed by atoms with Crippen LogP contribution in [-0.4, -0.2) is 15.9 Å². The lowest BCUT2D eigenvalue weighted by atomic mass is 10.1. The second-order valence-electron chi connectivity index (χ2n) is 8.03. The molecule has 0 saturated heterocycles. The first kappa shape index (κ1) is 23.1. The third-order valence-corrected chi connectivity index (χ3v) is 5.49. The summed E-state index contributed by atoms with van der Waals surface area (Å²) in [6.07, 6.45) is 0.904. The average molecular weight is 464 g/mol. The minimum Gasteiger partial charge on any atom is -0.381 e. The molecule has 4 aromatic rings. The molecule has 0 aliphatic rings. The summed E-state index contributed by atoms with van der Waals surface area (Å²) in [5, 5.41) is 5.88. The number of amides is 1. The van der Waals surface area contributed by atoms with Crippen molar-refractivity contribution in [3.8, 4) is 11.3 Å². The summed E-state index contributed by atoms with van der Waals surface area (Å²) >= 11 is 0. The van der Waals surface area contributed by atoms with E-state index in [2.05, 4.69) is 20.6 Å². The van der Waals surface area contributed by atoms with Gasteiger partial charge in [-0.05, 0) is 73.0 Å². The predicted octanol–water partition coefficient (Wildman–Crippen LogP) is 6.58. The molecule has 5 nitrogen and oxygen atoms in total. The van der Waals surface area contributed by atoms with Gasteiger partial charge in [-0.1, -0.05) is 12.1 Å². The van der Waals surface area contributed by atoms with Crippen molar-refractivity contribution in [3.05, 3.63) is 101 Å². The number of carbonyl (C=O) groups excluding carboxylic acids is 1. The second kappa shape index (κ2) is 9.43. The van der Waals surface area contributed by atoms with Gasteiger partial charge in [-0.15, -0.1) is 0 Å². The van der Waals surface area contributed by atoms with Crippen LogP contribution >= 0.6 is 0 Å². The van der Waals surface area contributed by atoms with E-state index in [4.69, 9.17) is 0 Å². The molecule has 0 fully saturated rings. The van der Waals surface area contributed by atoms with Gasteiger partial charge in [-0.3, -0.25) is 9.78 Å². The summed E-state index contributed by atoms with van der Waals surface area (Å²) in [6, 6.07) is 14.8. The summed E-state index contributed by atoms with van der Waals surface area (Å²) < 4.78 is 39.6. The molecule has 2 heterocycles. The van der Waals surface area contributed by atoms with E-state index in [1.807, 2.05) is 31.3 Å². The Hall–Kier alpha value is -4.07. The highest BCUT2D eigenvalue weighted by Gasteiger charge is 2.32. The molecule has 2 aromatic heterocycles. The number of aryl methyl sites for hydroxylation is 2. The third kappa shape index (κ3) is 5.28. The van der Waals surface area contributed by atoms with Crippen LogP contribution in [0.4, 0.5) is 24.5 Å². The lowest BCUT2D eigenvalue weighted by Gasteiger charge is -2.14. The molecule has 0 saturated carbocycles. The van der Waals surface area contributed by atoms with Crippen LogP contribution in [0, 0.1) is 13.8 Å². The zero-order chi connectivity index (χ0) is 24.3. The van der Waals surface area contributed by atoms with Gasteiger partial charge in [-0.2, -0.15) is 13.2 Å². The molecule has 2 aromatic carbocycles. The largest absolute Gasteiger partial charge is 0.416 e. The maximum atomic E-state index is 13.2. The summed E-state index contributed by atoms with van der Waals surface area (Å²) in [6.45, 7) is 3.78. The number of halogens is 3. The number of pyridine rings is 1. The van der Waals surface area contributed by atoms with Crippen LogP contribution < -0.4 is 10.6 Å². The average Bonchev–Trinajstić information content (AvgIpc) is 3.34.